The molecule has 0 bridgehead atoms. The number of rotatable bonds is 4. The zero-order valence-corrected chi connectivity index (χ0v) is 7.39. The molecule has 1 heterocycles. The van der Waals surface area contributed by atoms with Crippen molar-refractivity contribution in [2.75, 3.05) is 5.75 Å². The van der Waals surface area contributed by atoms with Crippen molar-refractivity contribution in [1.82, 2.24) is 15.4 Å². The molecule has 0 spiro atoms. The monoisotopic (exact) mass is 187 g/mol. The second-order valence-electron chi connectivity index (χ2n) is 2.06. The SMILES string of the molecule is CCSCc1n[nH]nc1C(=O)O. The summed E-state index contributed by atoms with van der Waals surface area (Å²) < 4.78 is 0. The lowest BCUT2D eigenvalue weighted by Gasteiger charge is -1.93. The molecule has 1 rings (SSSR count). The van der Waals surface area contributed by atoms with Gasteiger partial charge >= 0.3 is 5.97 Å². The Kier molecular flexibility index (Phi) is 3.09. The summed E-state index contributed by atoms with van der Waals surface area (Å²) in [5.74, 6) is 0.496. The number of carboxylic acids is 1. The molecule has 0 amide bonds. The first kappa shape index (κ1) is 9.05. The van der Waals surface area contributed by atoms with Crippen LogP contribution >= 0.6 is 11.8 Å². The van der Waals surface area contributed by atoms with Crippen LogP contribution in [0.3, 0.4) is 0 Å². The molecule has 5 nitrogen and oxygen atoms in total. The molecular weight excluding hydrogens is 178 g/mol. The second kappa shape index (κ2) is 4.10. The fraction of sp³-hybridized carbons (Fsp3) is 0.500. The normalized spacial score (nSPS) is 10.1. The van der Waals surface area contributed by atoms with Gasteiger partial charge in [-0.05, 0) is 5.75 Å². The van der Waals surface area contributed by atoms with Gasteiger partial charge in [0.2, 0.25) is 0 Å². The number of H-pyrrole nitrogens is 1. The average Bonchev–Trinajstić information content (AvgIpc) is 2.48. The first-order valence-electron chi connectivity index (χ1n) is 3.46. The molecule has 0 saturated heterocycles. The molecule has 0 radical (unpaired) electrons. The fourth-order valence-corrected chi connectivity index (χ4v) is 1.32. The van der Waals surface area contributed by atoms with Gasteiger partial charge in [0, 0.05) is 5.75 Å². The summed E-state index contributed by atoms with van der Waals surface area (Å²) in [6, 6.07) is 0. The summed E-state index contributed by atoms with van der Waals surface area (Å²) in [4.78, 5) is 10.5. The molecule has 66 valence electrons. The predicted molar refractivity (Wildman–Crippen MR) is 45.2 cm³/mol. The molecule has 0 unspecified atom stereocenters. The van der Waals surface area contributed by atoms with Crippen LogP contribution in [-0.4, -0.2) is 32.2 Å². The Morgan fingerprint density at radius 3 is 3.00 bits per heavy atom. The average molecular weight is 187 g/mol. The summed E-state index contributed by atoms with van der Waals surface area (Å²) in [7, 11) is 0. The maximum Gasteiger partial charge on any atom is 0.358 e. The lowest BCUT2D eigenvalue weighted by Crippen LogP contribution is -2.01. The van der Waals surface area contributed by atoms with Crippen molar-refractivity contribution in [3.63, 3.8) is 0 Å². The third kappa shape index (κ3) is 1.97. The van der Waals surface area contributed by atoms with E-state index in [0.29, 0.717) is 11.4 Å². The maximum atomic E-state index is 10.5. The molecular formula is C6H9N3O2S. The highest BCUT2D eigenvalue weighted by atomic mass is 32.2. The zero-order chi connectivity index (χ0) is 8.97. The number of aromatic nitrogens is 3. The number of carbonyl (C=O) groups is 1. The Hall–Kier alpha value is -1.04. The Labute approximate surface area is 73.6 Å². The quantitative estimate of drug-likeness (QED) is 0.727. The van der Waals surface area contributed by atoms with Crippen LogP contribution < -0.4 is 0 Å². The van der Waals surface area contributed by atoms with Crippen molar-refractivity contribution in [3.8, 4) is 0 Å². The van der Waals surface area contributed by atoms with Gasteiger partial charge < -0.3 is 5.11 Å². The third-order valence-corrected chi connectivity index (χ3v) is 2.15. The second-order valence-corrected chi connectivity index (χ2v) is 3.34. The lowest BCUT2D eigenvalue weighted by molar-refractivity contribution is 0.0689. The van der Waals surface area contributed by atoms with Gasteiger partial charge in [-0.3, -0.25) is 0 Å². The fourth-order valence-electron chi connectivity index (χ4n) is 0.723. The number of nitrogens with zero attached hydrogens (tertiary/aromatic N) is 2. The zero-order valence-electron chi connectivity index (χ0n) is 6.57. The standard InChI is InChI=1S/C6H9N3O2S/c1-2-12-3-4-5(6(10)11)8-9-7-4/h2-3H2,1H3,(H,10,11)(H,7,8,9). The molecule has 0 aliphatic heterocycles. The topological polar surface area (TPSA) is 78.9 Å². The van der Waals surface area contributed by atoms with Crippen molar-refractivity contribution in [3.05, 3.63) is 11.4 Å². The van der Waals surface area contributed by atoms with Gasteiger partial charge in [-0.15, -0.1) is 5.10 Å². The molecule has 0 saturated carbocycles. The van der Waals surface area contributed by atoms with Gasteiger partial charge in [0.25, 0.3) is 0 Å². The van der Waals surface area contributed by atoms with Crippen LogP contribution in [0.25, 0.3) is 0 Å². The van der Waals surface area contributed by atoms with Crippen LogP contribution in [-0.2, 0) is 5.75 Å². The van der Waals surface area contributed by atoms with Crippen LogP contribution in [0.2, 0.25) is 0 Å². The summed E-state index contributed by atoms with van der Waals surface area (Å²) in [5, 5.41) is 18.2. The first-order valence-corrected chi connectivity index (χ1v) is 4.61. The Bertz CT molecular complexity index is 274. The molecule has 1 aromatic rings. The molecule has 0 aromatic carbocycles. The number of nitrogens with one attached hydrogen (secondary N) is 1. The molecule has 12 heavy (non-hydrogen) atoms. The summed E-state index contributed by atoms with van der Waals surface area (Å²) in [6.45, 7) is 2.01. The van der Waals surface area contributed by atoms with E-state index in [1.54, 1.807) is 11.8 Å². The highest BCUT2D eigenvalue weighted by Crippen LogP contribution is 2.11. The first-order chi connectivity index (χ1) is 5.75. The smallest absolute Gasteiger partial charge is 0.358 e. The third-order valence-electron chi connectivity index (χ3n) is 1.27. The van der Waals surface area contributed by atoms with E-state index >= 15 is 0 Å². The van der Waals surface area contributed by atoms with Crippen molar-refractivity contribution in [2.24, 2.45) is 0 Å². The van der Waals surface area contributed by atoms with Gasteiger partial charge in [-0.2, -0.15) is 22.1 Å². The van der Waals surface area contributed by atoms with Gasteiger partial charge in [0.15, 0.2) is 5.69 Å². The van der Waals surface area contributed by atoms with E-state index < -0.39 is 5.97 Å². The Morgan fingerprint density at radius 2 is 2.42 bits per heavy atom. The van der Waals surface area contributed by atoms with Gasteiger partial charge in [0.1, 0.15) is 5.69 Å². The number of carboxylic acid groups (broad SMARTS) is 1. The van der Waals surface area contributed by atoms with E-state index in [0.717, 1.165) is 5.75 Å². The highest BCUT2D eigenvalue weighted by Gasteiger charge is 2.13. The van der Waals surface area contributed by atoms with Crippen LogP contribution in [0, 0.1) is 0 Å². The Morgan fingerprint density at radius 1 is 1.67 bits per heavy atom. The van der Waals surface area contributed by atoms with Crippen molar-refractivity contribution < 1.29 is 9.90 Å². The van der Waals surface area contributed by atoms with E-state index in [-0.39, 0.29) is 5.69 Å². The highest BCUT2D eigenvalue weighted by molar-refractivity contribution is 7.98. The number of hydrogen-bond donors (Lipinski definition) is 2. The molecule has 0 aliphatic carbocycles. The predicted octanol–water partition coefficient (Wildman–Crippen LogP) is 0.756. The minimum atomic E-state index is -1.03. The summed E-state index contributed by atoms with van der Waals surface area (Å²) in [6.07, 6.45) is 0. The lowest BCUT2D eigenvalue weighted by atomic mass is 10.3. The summed E-state index contributed by atoms with van der Waals surface area (Å²) >= 11 is 1.61. The van der Waals surface area contributed by atoms with E-state index in [4.69, 9.17) is 5.11 Å². The van der Waals surface area contributed by atoms with E-state index in [2.05, 4.69) is 15.4 Å². The van der Waals surface area contributed by atoms with Crippen molar-refractivity contribution >= 4 is 17.7 Å². The number of thioether (sulfide) groups is 1. The Balaban J connectivity index is 2.70. The molecule has 0 fully saturated rings. The minimum absolute atomic E-state index is 0.0240. The van der Waals surface area contributed by atoms with Crippen molar-refractivity contribution in [1.29, 1.82) is 0 Å². The van der Waals surface area contributed by atoms with E-state index in [9.17, 15) is 4.79 Å². The molecule has 1 aromatic heterocycles. The summed E-state index contributed by atoms with van der Waals surface area (Å²) in [5.41, 5.74) is 0.533. The van der Waals surface area contributed by atoms with Crippen molar-refractivity contribution in [2.45, 2.75) is 12.7 Å². The number of aromatic carboxylic acids is 1. The van der Waals surface area contributed by atoms with E-state index in [1.165, 1.54) is 0 Å². The molecule has 0 atom stereocenters. The largest absolute Gasteiger partial charge is 0.476 e. The van der Waals surface area contributed by atoms with E-state index in [1.807, 2.05) is 6.92 Å². The number of aromatic amines is 1. The van der Waals surface area contributed by atoms with Gasteiger partial charge in [-0.25, -0.2) is 4.79 Å². The molecule has 6 heteroatoms. The van der Waals surface area contributed by atoms with Crippen LogP contribution in [0.5, 0.6) is 0 Å². The molecule has 2 N–H and O–H groups in total. The number of hydrogen-bond acceptors (Lipinski definition) is 4. The van der Waals surface area contributed by atoms with Crippen LogP contribution in [0.1, 0.15) is 23.1 Å². The van der Waals surface area contributed by atoms with Gasteiger partial charge in [0.05, 0.1) is 0 Å². The minimum Gasteiger partial charge on any atom is -0.476 e. The maximum absolute atomic E-state index is 10.5. The van der Waals surface area contributed by atoms with Crippen LogP contribution in [0.4, 0.5) is 0 Å². The van der Waals surface area contributed by atoms with Gasteiger partial charge in [-0.1, -0.05) is 6.92 Å². The molecule has 0 aliphatic rings. The van der Waals surface area contributed by atoms with Crippen LogP contribution in [0.15, 0.2) is 0 Å².